The van der Waals surface area contributed by atoms with Gasteiger partial charge < -0.3 is 9.47 Å². The van der Waals surface area contributed by atoms with Crippen LogP contribution in [0.4, 0.5) is 8.78 Å². The lowest BCUT2D eigenvalue weighted by Gasteiger charge is -2.30. The Kier molecular flexibility index (Phi) is 7.56. The highest BCUT2D eigenvalue weighted by molar-refractivity contribution is 6.00. The fourth-order valence-corrected chi connectivity index (χ4v) is 2.00. The molecule has 0 unspecified atom stereocenters. The van der Waals surface area contributed by atoms with Gasteiger partial charge in [0.15, 0.2) is 5.41 Å². The zero-order valence-electron chi connectivity index (χ0n) is 11.9. The number of alkyl halides is 2. The quantitative estimate of drug-likeness (QED) is 0.507. The Morgan fingerprint density at radius 3 is 1.68 bits per heavy atom. The number of rotatable bonds is 8. The minimum Gasteiger partial charge on any atom is -0.465 e. The zero-order chi connectivity index (χ0) is 15.1. The molecular formula is C13H22F2O4. The van der Waals surface area contributed by atoms with Crippen molar-refractivity contribution >= 4 is 11.9 Å². The van der Waals surface area contributed by atoms with E-state index in [0.717, 1.165) is 0 Å². The van der Waals surface area contributed by atoms with Gasteiger partial charge in [0.1, 0.15) is 0 Å². The molecule has 0 atom stereocenters. The normalized spacial score (nSPS) is 11.8. The number of carbonyl (C=O) groups excluding carboxylic acids is 2. The summed E-state index contributed by atoms with van der Waals surface area (Å²) in [7, 11) is 0. The fraction of sp³-hybridized carbons (Fsp3) is 0.846. The standard InChI is InChI=1S/C13H22F2O4/c1-5-18-11(16)13(7-9(3)4,8-10(14)15)12(17)19-6-2/h9-10H,5-8H2,1-4H3. The molecule has 0 N–H and O–H groups in total. The van der Waals surface area contributed by atoms with Crippen molar-refractivity contribution in [1.82, 2.24) is 0 Å². The maximum absolute atomic E-state index is 12.8. The minimum absolute atomic E-state index is 0.0188. The smallest absolute Gasteiger partial charge is 0.323 e. The monoisotopic (exact) mass is 280 g/mol. The summed E-state index contributed by atoms with van der Waals surface area (Å²) in [6.07, 6.45) is -3.68. The summed E-state index contributed by atoms with van der Waals surface area (Å²) in [6, 6.07) is 0. The van der Waals surface area contributed by atoms with E-state index in [1.807, 2.05) is 0 Å². The predicted molar refractivity (Wildman–Crippen MR) is 65.8 cm³/mol. The van der Waals surface area contributed by atoms with E-state index in [9.17, 15) is 18.4 Å². The third kappa shape index (κ3) is 5.12. The number of carbonyl (C=O) groups is 2. The summed E-state index contributed by atoms with van der Waals surface area (Å²) in [6.45, 7) is 6.68. The van der Waals surface area contributed by atoms with Crippen LogP contribution >= 0.6 is 0 Å². The minimum atomic E-state index is -2.78. The van der Waals surface area contributed by atoms with Gasteiger partial charge in [0.2, 0.25) is 6.43 Å². The first kappa shape index (κ1) is 17.8. The lowest BCUT2D eigenvalue weighted by atomic mass is 9.77. The van der Waals surface area contributed by atoms with Gasteiger partial charge in [0.25, 0.3) is 0 Å². The summed E-state index contributed by atoms with van der Waals surface area (Å²) in [4.78, 5) is 24.0. The first-order valence-corrected chi connectivity index (χ1v) is 6.42. The van der Waals surface area contributed by atoms with Crippen molar-refractivity contribution < 1.29 is 27.8 Å². The van der Waals surface area contributed by atoms with E-state index in [1.54, 1.807) is 27.7 Å². The number of halogens is 2. The molecule has 0 spiro atoms. The van der Waals surface area contributed by atoms with Crippen LogP contribution in [-0.4, -0.2) is 31.6 Å². The maximum atomic E-state index is 12.8. The predicted octanol–water partition coefficient (Wildman–Crippen LogP) is 2.80. The molecule has 19 heavy (non-hydrogen) atoms. The third-order valence-electron chi connectivity index (χ3n) is 2.59. The van der Waals surface area contributed by atoms with Crippen molar-refractivity contribution in [3.63, 3.8) is 0 Å². The van der Waals surface area contributed by atoms with E-state index in [-0.39, 0.29) is 25.6 Å². The van der Waals surface area contributed by atoms with Crippen LogP contribution in [0, 0.1) is 11.3 Å². The summed E-state index contributed by atoms with van der Waals surface area (Å²) in [5, 5.41) is 0. The molecule has 0 aliphatic heterocycles. The average molecular weight is 280 g/mol. The van der Waals surface area contributed by atoms with Crippen LogP contribution in [0.2, 0.25) is 0 Å². The summed E-state index contributed by atoms with van der Waals surface area (Å²) in [5.41, 5.74) is -1.91. The second-order valence-electron chi connectivity index (χ2n) is 4.72. The topological polar surface area (TPSA) is 52.6 Å². The molecule has 0 heterocycles. The van der Waals surface area contributed by atoms with Crippen molar-refractivity contribution in [2.45, 2.75) is 47.0 Å². The van der Waals surface area contributed by atoms with Crippen LogP contribution < -0.4 is 0 Å². The van der Waals surface area contributed by atoms with Crippen LogP contribution in [-0.2, 0) is 19.1 Å². The van der Waals surface area contributed by atoms with Crippen molar-refractivity contribution in [3.8, 4) is 0 Å². The van der Waals surface area contributed by atoms with Gasteiger partial charge in [-0.1, -0.05) is 13.8 Å². The molecule has 0 saturated carbocycles. The fourth-order valence-electron chi connectivity index (χ4n) is 2.00. The van der Waals surface area contributed by atoms with E-state index >= 15 is 0 Å². The molecule has 6 heteroatoms. The molecule has 0 aliphatic carbocycles. The van der Waals surface area contributed by atoms with Gasteiger partial charge >= 0.3 is 11.9 Å². The van der Waals surface area contributed by atoms with E-state index in [2.05, 4.69) is 0 Å². The van der Waals surface area contributed by atoms with Crippen molar-refractivity contribution in [2.75, 3.05) is 13.2 Å². The Labute approximate surface area is 112 Å². The largest absolute Gasteiger partial charge is 0.465 e. The van der Waals surface area contributed by atoms with E-state index < -0.39 is 30.2 Å². The number of esters is 2. The molecule has 0 radical (unpaired) electrons. The van der Waals surface area contributed by atoms with Crippen LogP contribution in [0.25, 0.3) is 0 Å². The molecule has 112 valence electrons. The van der Waals surface area contributed by atoms with Crippen LogP contribution in [0.1, 0.15) is 40.5 Å². The average Bonchev–Trinajstić information content (AvgIpc) is 2.27. The van der Waals surface area contributed by atoms with Crippen LogP contribution in [0.5, 0.6) is 0 Å². The Morgan fingerprint density at radius 1 is 1.00 bits per heavy atom. The molecule has 0 aromatic rings. The Balaban J connectivity index is 5.42. The molecule has 0 aliphatic rings. The van der Waals surface area contributed by atoms with Crippen molar-refractivity contribution in [1.29, 1.82) is 0 Å². The van der Waals surface area contributed by atoms with E-state index in [1.165, 1.54) is 0 Å². The summed E-state index contributed by atoms with van der Waals surface area (Å²) in [5.74, 6) is -1.97. The Hall–Kier alpha value is -1.20. The van der Waals surface area contributed by atoms with Gasteiger partial charge in [0.05, 0.1) is 13.2 Å². The molecule has 0 aromatic carbocycles. The van der Waals surface area contributed by atoms with Gasteiger partial charge in [-0.2, -0.15) is 0 Å². The van der Waals surface area contributed by atoms with E-state index in [0.29, 0.717) is 0 Å². The van der Waals surface area contributed by atoms with Gasteiger partial charge in [-0.15, -0.1) is 0 Å². The van der Waals surface area contributed by atoms with Gasteiger partial charge in [-0.25, -0.2) is 8.78 Å². The SMILES string of the molecule is CCOC(=O)C(CC(C)C)(CC(F)F)C(=O)OCC. The first-order valence-electron chi connectivity index (χ1n) is 6.42. The number of ether oxygens (including phenoxy) is 2. The highest BCUT2D eigenvalue weighted by Crippen LogP contribution is 2.36. The van der Waals surface area contributed by atoms with Crippen molar-refractivity contribution in [2.24, 2.45) is 11.3 Å². The lowest BCUT2D eigenvalue weighted by molar-refractivity contribution is -0.177. The maximum Gasteiger partial charge on any atom is 0.323 e. The summed E-state index contributed by atoms with van der Waals surface area (Å²) >= 11 is 0. The van der Waals surface area contributed by atoms with E-state index in [4.69, 9.17) is 9.47 Å². The second-order valence-corrected chi connectivity index (χ2v) is 4.72. The molecule has 0 aromatic heterocycles. The molecule has 0 saturated heterocycles. The van der Waals surface area contributed by atoms with Crippen LogP contribution in [0.15, 0.2) is 0 Å². The van der Waals surface area contributed by atoms with Gasteiger partial charge in [-0.3, -0.25) is 9.59 Å². The molecular weight excluding hydrogens is 258 g/mol. The van der Waals surface area contributed by atoms with Gasteiger partial charge in [0, 0.05) is 6.42 Å². The molecule has 0 amide bonds. The lowest BCUT2D eigenvalue weighted by Crippen LogP contribution is -2.44. The highest BCUT2D eigenvalue weighted by atomic mass is 19.3. The third-order valence-corrected chi connectivity index (χ3v) is 2.59. The number of hydrogen-bond donors (Lipinski definition) is 0. The van der Waals surface area contributed by atoms with Crippen LogP contribution in [0.3, 0.4) is 0 Å². The Bertz CT molecular complexity index is 273. The first-order chi connectivity index (χ1) is 8.80. The molecule has 4 nitrogen and oxygen atoms in total. The zero-order valence-corrected chi connectivity index (χ0v) is 11.9. The Morgan fingerprint density at radius 2 is 1.42 bits per heavy atom. The van der Waals surface area contributed by atoms with Crippen molar-refractivity contribution in [3.05, 3.63) is 0 Å². The highest BCUT2D eigenvalue weighted by Gasteiger charge is 2.51. The summed E-state index contributed by atoms with van der Waals surface area (Å²) < 4.78 is 35.1. The molecule has 0 bridgehead atoms. The second kappa shape index (κ2) is 8.07. The molecule has 0 fully saturated rings. The molecule has 0 rings (SSSR count). The number of hydrogen-bond acceptors (Lipinski definition) is 4. The van der Waals surface area contributed by atoms with Gasteiger partial charge in [-0.05, 0) is 26.2 Å².